The van der Waals surface area contributed by atoms with Crippen molar-refractivity contribution in [2.24, 2.45) is 0 Å². The highest BCUT2D eigenvalue weighted by molar-refractivity contribution is 6.09. The molecule has 0 amide bonds. The lowest BCUT2D eigenvalue weighted by Gasteiger charge is -2.11. The predicted octanol–water partition coefficient (Wildman–Crippen LogP) is 4.98. The molecule has 134 valence electrons. The molecule has 5 nitrogen and oxygen atoms in total. The van der Waals surface area contributed by atoms with Crippen molar-refractivity contribution in [1.29, 1.82) is 10.5 Å². The van der Waals surface area contributed by atoms with E-state index in [0.717, 1.165) is 38.6 Å². The number of rotatable bonds is 2. The minimum atomic E-state index is 0.121. The smallest absolute Gasteiger partial charge is 0.232 e. The molecular weight excluding hydrogens is 358 g/mol. The van der Waals surface area contributed by atoms with E-state index >= 15 is 0 Å². The van der Waals surface area contributed by atoms with E-state index in [0.29, 0.717) is 5.56 Å². The van der Waals surface area contributed by atoms with Gasteiger partial charge in [0.1, 0.15) is 12.1 Å². The molecule has 0 atom stereocenters. The summed E-state index contributed by atoms with van der Waals surface area (Å²) < 4.78 is 2.13. The molecule has 0 aliphatic rings. The Labute approximate surface area is 166 Å². The summed E-state index contributed by atoms with van der Waals surface area (Å²) in [4.78, 5) is 8.05. The van der Waals surface area contributed by atoms with Crippen LogP contribution in [0.5, 0.6) is 0 Å². The second-order valence-corrected chi connectivity index (χ2v) is 6.62. The molecule has 0 bridgehead atoms. The van der Waals surface area contributed by atoms with Crippen molar-refractivity contribution in [3.8, 4) is 29.0 Å². The van der Waals surface area contributed by atoms with E-state index < -0.39 is 0 Å². The monoisotopic (exact) mass is 371 g/mol. The number of aromatic nitrogens is 3. The first kappa shape index (κ1) is 16.7. The quantitative estimate of drug-likeness (QED) is 0.438. The molecule has 0 unspecified atom stereocenters. The maximum absolute atomic E-state index is 9.88. The molecule has 2 aromatic heterocycles. The molecule has 5 aromatic rings. The van der Waals surface area contributed by atoms with E-state index in [1.807, 2.05) is 48.5 Å². The minimum Gasteiger partial charge on any atom is -0.308 e. The molecule has 0 aliphatic heterocycles. The van der Waals surface area contributed by atoms with Crippen LogP contribution in [0.1, 0.15) is 11.4 Å². The standard InChI is InChI=1S/C24H13N5/c25-12-17-11-16(18-14-27-24(13-26)28-15-18)9-10-21(17)29-22-7-3-1-5-19(22)20-6-2-4-8-23(20)29/h1-11,14-15H. The highest BCUT2D eigenvalue weighted by Gasteiger charge is 2.15. The van der Waals surface area contributed by atoms with Crippen molar-refractivity contribution in [2.75, 3.05) is 0 Å². The lowest BCUT2D eigenvalue weighted by atomic mass is 10.0. The van der Waals surface area contributed by atoms with Gasteiger partial charge in [-0.2, -0.15) is 10.5 Å². The summed E-state index contributed by atoms with van der Waals surface area (Å²) in [7, 11) is 0. The van der Waals surface area contributed by atoms with Crippen LogP contribution in [-0.2, 0) is 0 Å². The van der Waals surface area contributed by atoms with E-state index in [1.165, 1.54) is 0 Å². The lowest BCUT2D eigenvalue weighted by Crippen LogP contribution is -1.98. The Kier molecular flexibility index (Phi) is 3.79. The zero-order valence-electron chi connectivity index (χ0n) is 15.2. The summed E-state index contributed by atoms with van der Waals surface area (Å²) in [5.41, 5.74) is 5.07. The summed E-state index contributed by atoms with van der Waals surface area (Å²) in [5.74, 6) is 0.121. The van der Waals surface area contributed by atoms with E-state index in [9.17, 15) is 5.26 Å². The van der Waals surface area contributed by atoms with Gasteiger partial charge in [-0.15, -0.1) is 0 Å². The van der Waals surface area contributed by atoms with Crippen LogP contribution in [0.25, 0.3) is 38.6 Å². The fraction of sp³-hybridized carbons (Fsp3) is 0. The Balaban J connectivity index is 1.75. The molecule has 0 saturated heterocycles. The van der Waals surface area contributed by atoms with Gasteiger partial charge in [-0.3, -0.25) is 0 Å². The van der Waals surface area contributed by atoms with E-state index in [2.05, 4.69) is 44.9 Å². The maximum Gasteiger partial charge on any atom is 0.232 e. The second kappa shape index (κ2) is 6.60. The van der Waals surface area contributed by atoms with Crippen molar-refractivity contribution in [3.05, 3.63) is 90.5 Å². The van der Waals surface area contributed by atoms with Gasteiger partial charge in [0.2, 0.25) is 5.82 Å². The first-order chi connectivity index (χ1) is 14.3. The number of para-hydroxylation sites is 2. The number of hydrogen-bond donors (Lipinski definition) is 0. The Morgan fingerprint density at radius 3 is 1.90 bits per heavy atom. The van der Waals surface area contributed by atoms with Gasteiger partial charge in [0, 0.05) is 28.7 Å². The van der Waals surface area contributed by atoms with Crippen molar-refractivity contribution in [1.82, 2.24) is 14.5 Å². The first-order valence-corrected chi connectivity index (χ1v) is 9.05. The predicted molar refractivity (Wildman–Crippen MR) is 111 cm³/mol. The molecule has 5 heteroatoms. The summed E-state index contributed by atoms with van der Waals surface area (Å²) in [6, 6.07) is 26.4. The molecular formula is C24H13N5. The van der Waals surface area contributed by atoms with Crippen molar-refractivity contribution < 1.29 is 0 Å². The number of fused-ring (bicyclic) bond motifs is 3. The van der Waals surface area contributed by atoms with Crippen LogP contribution in [0.15, 0.2) is 79.1 Å². The van der Waals surface area contributed by atoms with Gasteiger partial charge in [-0.25, -0.2) is 9.97 Å². The summed E-state index contributed by atoms with van der Waals surface area (Å²) in [6.45, 7) is 0. The van der Waals surface area contributed by atoms with Crippen LogP contribution in [0.4, 0.5) is 0 Å². The summed E-state index contributed by atoms with van der Waals surface area (Å²) in [6.07, 6.45) is 3.20. The zero-order chi connectivity index (χ0) is 19.8. The summed E-state index contributed by atoms with van der Waals surface area (Å²) >= 11 is 0. The van der Waals surface area contributed by atoms with Crippen molar-refractivity contribution >= 4 is 21.8 Å². The molecule has 0 radical (unpaired) electrons. The number of hydrogen-bond acceptors (Lipinski definition) is 4. The van der Waals surface area contributed by atoms with E-state index in [1.54, 1.807) is 12.4 Å². The highest BCUT2D eigenvalue weighted by Crippen LogP contribution is 2.33. The fourth-order valence-corrected chi connectivity index (χ4v) is 3.72. The van der Waals surface area contributed by atoms with Gasteiger partial charge in [-0.05, 0) is 29.8 Å². The number of nitriles is 2. The zero-order valence-corrected chi connectivity index (χ0v) is 15.2. The Bertz CT molecular complexity index is 1410. The van der Waals surface area contributed by atoms with Crippen LogP contribution in [0.2, 0.25) is 0 Å². The third-order valence-corrected chi connectivity index (χ3v) is 5.02. The lowest BCUT2D eigenvalue weighted by molar-refractivity contribution is 1.11. The molecule has 0 fully saturated rings. The molecule has 5 rings (SSSR count). The second-order valence-electron chi connectivity index (χ2n) is 6.62. The van der Waals surface area contributed by atoms with Crippen LogP contribution < -0.4 is 0 Å². The third-order valence-electron chi connectivity index (χ3n) is 5.02. The Morgan fingerprint density at radius 1 is 0.690 bits per heavy atom. The van der Waals surface area contributed by atoms with Gasteiger partial charge in [-0.1, -0.05) is 42.5 Å². The normalized spacial score (nSPS) is 10.7. The topological polar surface area (TPSA) is 78.3 Å². The van der Waals surface area contributed by atoms with Crippen molar-refractivity contribution in [2.45, 2.75) is 0 Å². The fourth-order valence-electron chi connectivity index (χ4n) is 3.72. The molecule has 29 heavy (non-hydrogen) atoms. The molecule has 0 spiro atoms. The average Bonchev–Trinajstić information content (AvgIpc) is 3.13. The number of nitrogens with zero attached hydrogens (tertiary/aromatic N) is 5. The van der Waals surface area contributed by atoms with Crippen LogP contribution in [-0.4, -0.2) is 14.5 Å². The highest BCUT2D eigenvalue weighted by atomic mass is 15.0. The van der Waals surface area contributed by atoms with Gasteiger partial charge < -0.3 is 4.57 Å². The summed E-state index contributed by atoms with van der Waals surface area (Å²) in [5, 5.41) is 21.1. The molecule has 3 aromatic carbocycles. The van der Waals surface area contributed by atoms with E-state index in [4.69, 9.17) is 5.26 Å². The largest absolute Gasteiger partial charge is 0.308 e. The first-order valence-electron chi connectivity index (χ1n) is 9.05. The number of benzene rings is 3. The minimum absolute atomic E-state index is 0.121. The molecule has 0 aliphatic carbocycles. The van der Waals surface area contributed by atoms with Crippen LogP contribution in [0.3, 0.4) is 0 Å². The SMILES string of the molecule is N#Cc1ncc(-c2ccc(-n3c4ccccc4c4ccccc43)c(C#N)c2)cn1. The van der Waals surface area contributed by atoms with Gasteiger partial charge >= 0.3 is 0 Å². The van der Waals surface area contributed by atoms with Gasteiger partial charge in [0.25, 0.3) is 0 Å². The van der Waals surface area contributed by atoms with Gasteiger partial charge in [0.15, 0.2) is 0 Å². The average molecular weight is 371 g/mol. The molecule has 2 heterocycles. The van der Waals surface area contributed by atoms with E-state index in [-0.39, 0.29) is 5.82 Å². The van der Waals surface area contributed by atoms with Crippen LogP contribution in [0, 0.1) is 22.7 Å². The Morgan fingerprint density at radius 2 is 1.31 bits per heavy atom. The third kappa shape index (κ3) is 2.62. The van der Waals surface area contributed by atoms with Crippen LogP contribution >= 0.6 is 0 Å². The molecule has 0 N–H and O–H groups in total. The maximum atomic E-state index is 9.88. The van der Waals surface area contributed by atoms with Crippen molar-refractivity contribution in [3.63, 3.8) is 0 Å². The molecule has 0 saturated carbocycles. The van der Waals surface area contributed by atoms with Gasteiger partial charge in [0.05, 0.1) is 22.3 Å². The Hall–Kier alpha value is -4.48.